The van der Waals surface area contributed by atoms with Gasteiger partial charge >= 0.3 is 7.94 Å². The molecule has 12 heavy (non-hydrogen) atoms. The van der Waals surface area contributed by atoms with Crippen LogP contribution in [0.2, 0.25) is 0 Å². The number of hydrogen-bond acceptors (Lipinski definition) is 3. The molecule has 5 heteroatoms. The fourth-order valence-corrected chi connectivity index (χ4v) is 1.80. The summed E-state index contributed by atoms with van der Waals surface area (Å²) in [4.78, 5) is 26.3. The predicted molar refractivity (Wildman–Crippen MR) is 51.4 cm³/mol. The maximum atomic E-state index is 8.75. The van der Waals surface area contributed by atoms with Crippen molar-refractivity contribution in [1.82, 2.24) is 0 Å². The van der Waals surface area contributed by atoms with Gasteiger partial charge in [-0.05, 0) is 17.7 Å². The average Bonchev–Trinajstić information content (AvgIpc) is 1.91. The summed E-state index contributed by atoms with van der Waals surface area (Å²) in [5.74, 6) is 0. The summed E-state index contributed by atoms with van der Waals surface area (Å²) in [6.07, 6.45) is -0.0831. The summed E-state index contributed by atoms with van der Waals surface area (Å²) < 4.78 is 0.920. The van der Waals surface area contributed by atoms with E-state index in [1.165, 1.54) is 0 Å². The summed E-state index contributed by atoms with van der Waals surface area (Å²) in [7, 11) is -3.67. The third-order valence-corrected chi connectivity index (χ3v) is 2.63. The molecule has 0 aliphatic heterocycles. The van der Waals surface area contributed by atoms with Crippen molar-refractivity contribution >= 4 is 23.9 Å². The zero-order valence-electron chi connectivity index (χ0n) is 6.18. The molecule has 3 nitrogen and oxygen atoms in total. The van der Waals surface area contributed by atoms with E-state index < -0.39 is 7.94 Å². The van der Waals surface area contributed by atoms with Crippen molar-refractivity contribution in [3.63, 3.8) is 0 Å². The van der Waals surface area contributed by atoms with Crippen LogP contribution in [0.15, 0.2) is 28.7 Å². The van der Waals surface area contributed by atoms with Gasteiger partial charge in [0.1, 0.15) is 0 Å². The number of halogens is 1. The second-order valence-electron chi connectivity index (χ2n) is 2.48. The van der Waals surface area contributed by atoms with Crippen LogP contribution < -0.4 is 0 Å². The molecule has 0 bridgehead atoms. The van der Waals surface area contributed by atoms with Crippen LogP contribution in [0.3, 0.4) is 0 Å². The number of rotatable bonds is 2. The van der Waals surface area contributed by atoms with E-state index in [9.17, 15) is 0 Å². The molecule has 0 heterocycles. The van der Waals surface area contributed by atoms with Gasteiger partial charge in [-0.25, -0.2) is 0 Å². The summed E-state index contributed by atoms with van der Waals surface area (Å²) in [5.41, 5.74) is 0.707. The topological polar surface area (TPSA) is 60.7 Å². The molecule has 0 aliphatic carbocycles. The predicted octanol–water partition coefficient (Wildman–Crippen LogP) is 1.69. The maximum Gasteiger partial charge on any atom is 0.408 e. The minimum atomic E-state index is -3.67. The van der Waals surface area contributed by atoms with E-state index in [2.05, 4.69) is 15.9 Å². The quantitative estimate of drug-likeness (QED) is 0.702. The minimum Gasteiger partial charge on any atom is -0.193 e. The van der Waals surface area contributed by atoms with E-state index in [4.69, 9.17) is 14.7 Å². The Morgan fingerprint density at radius 2 is 1.58 bits per heavy atom. The van der Waals surface area contributed by atoms with Gasteiger partial charge in [0.25, 0.3) is 0 Å². The SMILES string of the molecule is O[P+](O)(O)Cc1ccc(Br)cc1. The lowest BCUT2D eigenvalue weighted by Gasteiger charge is -2.03. The molecule has 0 aromatic heterocycles. The van der Waals surface area contributed by atoms with Crippen LogP contribution >= 0.6 is 23.9 Å². The number of hydrogen-bond donors (Lipinski definition) is 3. The third kappa shape index (κ3) is 3.61. The van der Waals surface area contributed by atoms with Crippen LogP contribution in [0.1, 0.15) is 5.56 Å². The zero-order valence-corrected chi connectivity index (χ0v) is 8.66. The van der Waals surface area contributed by atoms with Crippen molar-refractivity contribution in [1.29, 1.82) is 0 Å². The molecule has 0 unspecified atom stereocenters. The Balaban J connectivity index is 2.71. The maximum absolute atomic E-state index is 8.75. The largest absolute Gasteiger partial charge is 0.408 e. The van der Waals surface area contributed by atoms with Crippen molar-refractivity contribution in [2.75, 3.05) is 0 Å². The molecule has 0 amide bonds. The lowest BCUT2D eigenvalue weighted by atomic mass is 10.2. The smallest absolute Gasteiger partial charge is 0.193 e. The Morgan fingerprint density at radius 3 is 2.00 bits per heavy atom. The van der Waals surface area contributed by atoms with E-state index in [-0.39, 0.29) is 6.16 Å². The van der Waals surface area contributed by atoms with Crippen LogP contribution in [0.5, 0.6) is 0 Å². The molecule has 66 valence electrons. The Bertz CT molecular complexity index is 254. The van der Waals surface area contributed by atoms with E-state index in [0.717, 1.165) is 4.47 Å². The van der Waals surface area contributed by atoms with Crippen molar-refractivity contribution < 1.29 is 14.7 Å². The van der Waals surface area contributed by atoms with Crippen LogP contribution in [-0.2, 0) is 6.16 Å². The average molecular weight is 252 g/mol. The van der Waals surface area contributed by atoms with Gasteiger partial charge in [0.05, 0.1) is 0 Å². The fourth-order valence-electron chi connectivity index (χ4n) is 0.835. The molecule has 3 N–H and O–H groups in total. The van der Waals surface area contributed by atoms with Gasteiger partial charge in [-0.1, -0.05) is 28.1 Å². The molecular weight excluding hydrogens is 243 g/mol. The van der Waals surface area contributed by atoms with Crippen molar-refractivity contribution in [2.24, 2.45) is 0 Å². The molecule has 0 spiro atoms. The summed E-state index contributed by atoms with van der Waals surface area (Å²) in [5, 5.41) is 0. The Labute approximate surface area is 79.4 Å². The van der Waals surface area contributed by atoms with Crippen LogP contribution in [-0.4, -0.2) is 14.7 Å². The molecule has 0 saturated carbocycles. The van der Waals surface area contributed by atoms with Gasteiger partial charge in [0.2, 0.25) is 0 Å². The number of benzene rings is 1. The molecule has 0 saturated heterocycles. The molecule has 1 aromatic rings. The van der Waals surface area contributed by atoms with Crippen LogP contribution in [0.4, 0.5) is 0 Å². The van der Waals surface area contributed by atoms with E-state index >= 15 is 0 Å². The highest BCUT2D eigenvalue weighted by Gasteiger charge is 2.29. The van der Waals surface area contributed by atoms with Gasteiger partial charge in [0, 0.05) is 4.47 Å². The highest BCUT2D eigenvalue weighted by molar-refractivity contribution is 9.10. The molecule has 0 aliphatic rings. The monoisotopic (exact) mass is 251 g/mol. The molecule has 0 radical (unpaired) electrons. The van der Waals surface area contributed by atoms with Crippen LogP contribution in [0, 0.1) is 0 Å². The van der Waals surface area contributed by atoms with E-state index in [1.807, 2.05) is 0 Å². The fraction of sp³-hybridized carbons (Fsp3) is 0.143. The molecule has 1 rings (SSSR count). The Morgan fingerprint density at radius 1 is 1.08 bits per heavy atom. The Kier molecular flexibility index (Phi) is 3.21. The first-order valence-corrected chi connectivity index (χ1v) is 5.91. The Hall–Kier alpha value is 0.0100. The lowest BCUT2D eigenvalue weighted by Crippen LogP contribution is -1.92. The molecule has 0 atom stereocenters. The first-order chi connectivity index (χ1) is 5.47. The van der Waals surface area contributed by atoms with Crippen LogP contribution in [0.25, 0.3) is 0 Å². The lowest BCUT2D eigenvalue weighted by molar-refractivity contribution is 0.329. The highest BCUT2D eigenvalue weighted by Crippen LogP contribution is 2.48. The summed E-state index contributed by atoms with van der Waals surface area (Å²) in [6, 6.07) is 7.01. The normalized spacial score (nSPS) is 11.7. The molecule has 1 aromatic carbocycles. The van der Waals surface area contributed by atoms with Gasteiger partial charge in [-0.3, -0.25) is 0 Å². The van der Waals surface area contributed by atoms with Crippen molar-refractivity contribution in [3.05, 3.63) is 34.3 Å². The second-order valence-corrected chi connectivity index (χ2v) is 5.09. The van der Waals surface area contributed by atoms with Crippen molar-refractivity contribution in [3.8, 4) is 0 Å². The third-order valence-electron chi connectivity index (χ3n) is 1.31. The van der Waals surface area contributed by atoms with E-state index in [0.29, 0.717) is 5.56 Å². The van der Waals surface area contributed by atoms with Gasteiger partial charge < -0.3 is 0 Å². The highest BCUT2D eigenvalue weighted by atomic mass is 79.9. The van der Waals surface area contributed by atoms with E-state index in [1.54, 1.807) is 24.3 Å². The first-order valence-electron chi connectivity index (χ1n) is 3.28. The van der Waals surface area contributed by atoms with Crippen molar-refractivity contribution in [2.45, 2.75) is 6.16 Å². The first kappa shape index (κ1) is 10.1. The minimum absolute atomic E-state index is 0.0831. The second kappa shape index (κ2) is 3.81. The summed E-state index contributed by atoms with van der Waals surface area (Å²) >= 11 is 3.25. The summed E-state index contributed by atoms with van der Waals surface area (Å²) in [6.45, 7) is 0. The van der Waals surface area contributed by atoms with Gasteiger partial charge in [-0.2, -0.15) is 14.7 Å². The van der Waals surface area contributed by atoms with Gasteiger partial charge in [0.15, 0.2) is 6.16 Å². The molecular formula is C7H9BrO3P+. The molecule has 0 fully saturated rings. The zero-order chi connectivity index (χ0) is 9.19. The van der Waals surface area contributed by atoms with Gasteiger partial charge in [-0.15, -0.1) is 0 Å². The standard InChI is InChI=1S/C7H9BrO3P/c8-7-3-1-6(2-4-7)5-12(9,10)11/h1-4,9-11H,5H2/q+1.